The number of hydrogen-bond acceptors (Lipinski definition) is 2. The van der Waals surface area contributed by atoms with Gasteiger partial charge in [-0.15, -0.1) is 0 Å². The molecule has 0 unspecified atom stereocenters. The number of para-hydroxylation sites is 1. The van der Waals surface area contributed by atoms with Gasteiger partial charge in [-0.1, -0.05) is 56.0 Å². The van der Waals surface area contributed by atoms with Gasteiger partial charge in [0.05, 0.1) is 6.42 Å². The zero-order valence-corrected chi connectivity index (χ0v) is 18.2. The summed E-state index contributed by atoms with van der Waals surface area (Å²) in [4.78, 5) is 27.2. The summed E-state index contributed by atoms with van der Waals surface area (Å²) in [5.41, 5.74) is 3.94. The summed E-state index contributed by atoms with van der Waals surface area (Å²) in [5.74, 6) is 0.0878. The van der Waals surface area contributed by atoms with Gasteiger partial charge >= 0.3 is 6.03 Å². The molecule has 0 spiro atoms. The molecule has 0 bridgehead atoms. The van der Waals surface area contributed by atoms with E-state index in [1.54, 1.807) is 0 Å². The van der Waals surface area contributed by atoms with Crippen molar-refractivity contribution < 1.29 is 9.59 Å². The standard InChI is InChI=1S/C26H33N3O2/c30-25(27-22-11-3-1-2-4-12-22)19-20-14-16-23(17-15-20)28-26(31)29-18-8-7-10-21-9-5-6-13-24(21)29/h5-6,9,13-17,22H,1-4,7-8,10-12,18-19H2,(H,27,30)(H,28,31). The minimum atomic E-state index is -0.104. The van der Waals surface area contributed by atoms with Gasteiger partial charge in [-0.2, -0.15) is 0 Å². The number of benzene rings is 2. The Labute approximate surface area is 185 Å². The second-order valence-corrected chi connectivity index (χ2v) is 8.80. The zero-order chi connectivity index (χ0) is 21.5. The first-order valence-corrected chi connectivity index (χ1v) is 11.7. The van der Waals surface area contributed by atoms with E-state index in [4.69, 9.17) is 0 Å². The van der Waals surface area contributed by atoms with Crippen molar-refractivity contribution in [3.8, 4) is 0 Å². The topological polar surface area (TPSA) is 61.4 Å². The van der Waals surface area contributed by atoms with Crippen molar-refractivity contribution in [1.29, 1.82) is 0 Å². The molecule has 0 atom stereocenters. The maximum atomic E-state index is 12.9. The molecular formula is C26H33N3O2. The van der Waals surface area contributed by atoms with E-state index in [1.165, 1.54) is 31.2 Å². The van der Waals surface area contributed by atoms with E-state index in [0.717, 1.165) is 55.6 Å². The van der Waals surface area contributed by atoms with Crippen LogP contribution in [-0.2, 0) is 17.6 Å². The Kier molecular flexibility index (Phi) is 7.23. The monoisotopic (exact) mass is 419 g/mol. The summed E-state index contributed by atoms with van der Waals surface area (Å²) in [7, 11) is 0. The Hall–Kier alpha value is -2.82. The van der Waals surface area contributed by atoms with Gasteiger partial charge in [0.1, 0.15) is 0 Å². The number of urea groups is 1. The molecule has 2 aromatic carbocycles. The number of nitrogens with zero attached hydrogens (tertiary/aromatic N) is 1. The third kappa shape index (κ3) is 5.87. The van der Waals surface area contributed by atoms with E-state index < -0.39 is 0 Å². The lowest BCUT2D eigenvalue weighted by molar-refractivity contribution is -0.121. The Morgan fingerprint density at radius 2 is 1.61 bits per heavy atom. The highest BCUT2D eigenvalue weighted by Crippen LogP contribution is 2.27. The summed E-state index contributed by atoms with van der Waals surface area (Å²) in [6.45, 7) is 0.724. The Morgan fingerprint density at radius 1 is 0.871 bits per heavy atom. The molecule has 164 valence electrons. The fourth-order valence-electron chi connectivity index (χ4n) is 4.69. The summed E-state index contributed by atoms with van der Waals surface area (Å²) in [6, 6.07) is 16.0. The average Bonchev–Trinajstić information content (AvgIpc) is 3.16. The predicted octanol–water partition coefficient (Wildman–Crippen LogP) is 5.44. The van der Waals surface area contributed by atoms with Crippen molar-refractivity contribution in [2.75, 3.05) is 16.8 Å². The molecule has 1 saturated carbocycles. The van der Waals surface area contributed by atoms with Crippen LogP contribution in [0, 0.1) is 0 Å². The lowest BCUT2D eigenvalue weighted by Gasteiger charge is -2.23. The number of fused-ring (bicyclic) bond motifs is 1. The third-order valence-electron chi connectivity index (χ3n) is 6.40. The number of rotatable bonds is 4. The lowest BCUT2D eigenvalue weighted by Crippen LogP contribution is -2.35. The molecule has 5 heteroatoms. The number of hydrogen-bond donors (Lipinski definition) is 2. The second-order valence-electron chi connectivity index (χ2n) is 8.80. The maximum Gasteiger partial charge on any atom is 0.326 e. The van der Waals surface area contributed by atoms with Crippen LogP contribution >= 0.6 is 0 Å². The Morgan fingerprint density at radius 3 is 2.39 bits per heavy atom. The van der Waals surface area contributed by atoms with E-state index >= 15 is 0 Å². The van der Waals surface area contributed by atoms with Crippen LogP contribution in [0.5, 0.6) is 0 Å². The van der Waals surface area contributed by atoms with E-state index in [-0.39, 0.29) is 11.9 Å². The molecule has 3 amide bonds. The zero-order valence-electron chi connectivity index (χ0n) is 18.2. The van der Waals surface area contributed by atoms with E-state index in [1.807, 2.05) is 47.4 Å². The van der Waals surface area contributed by atoms with Gasteiger partial charge in [0.2, 0.25) is 5.91 Å². The molecular weight excluding hydrogens is 386 g/mol. The van der Waals surface area contributed by atoms with E-state index in [9.17, 15) is 9.59 Å². The number of carbonyl (C=O) groups is 2. The Balaban J connectivity index is 1.33. The molecule has 4 rings (SSSR count). The van der Waals surface area contributed by atoms with Gasteiger partial charge in [-0.25, -0.2) is 4.79 Å². The van der Waals surface area contributed by atoms with Crippen molar-refractivity contribution in [3.63, 3.8) is 0 Å². The van der Waals surface area contributed by atoms with Crippen LogP contribution in [0.25, 0.3) is 0 Å². The molecule has 1 aliphatic heterocycles. The van der Waals surface area contributed by atoms with Crippen molar-refractivity contribution in [2.24, 2.45) is 0 Å². The highest BCUT2D eigenvalue weighted by Gasteiger charge is 2.21. The van der Waals surface area contributed by atoms with Crippen molar-refractivity contribution in [3.05, 3.63) is 59.7 Å². The van der Waals surface area contributed by atoms with Crippen LogP contribution in [0.1, 0.15) is 62.5 Å². The van der Waals surface area contributed by atoms with Crippen molar-refractivity contribution in [1.82, 2.24) is 5.32 Å². The number of anilines is 2. The van der Waals surface area contributed by atoms with Crippen LogP contribution < -0.4 is 15.5 Å². The van der Waals surface area contributed by atoms with Crippen molar-refractivity contribution >= 4 is 23.3 Å². The third-order valence-corrected chi connectivity index (χ3v) is 6.40. The minimum absolute atomic E-state index is 0.0878. The highest BCUT2D eigenvalue weighted by atomic mass is 16.2. The second kappa shape index (κ2) is 10.5. The average molecular weight is 420 g/mol. The summed E-state index contributed by atoms with van der Waals surface area (Å²) < 4.78 is 0. The molecule has 1 aliphatic carbocycles. The number of nitrogens with one attached hydrogen (secondary N) is 2. The normalized spacial score (nSPS) is 17.2. The molecule has 1 fully saturated rings. The fourth-order valence-corrected chi connectivity index (χ4v) is 4.69. The van der Waals surface area contributed by atoms with Gasteiger partial charge in [-0.05, 0) is 61.4 Å². The molecule has 1 heterocycles. The highest BCUT2D eigenvalue weighted by molar-refractivity contribution is 6.02. The minimum Gasteiger partial charge on any atom is -0.353 e. The molecule has 31 heavy (non-hydrogen) atoms. The van der Waals surface area contributed by atoms with Gasteiger partial charge < -0.3 is 10.6 Å². The van der Waals surface area contributed by atoms with Crippen LogP contribution in [0.3, 0.4) is 0 Å². The van der Waals surface area contributed by atoms with Crippen molar-refractivity contribution in [2.45, 2.75) is 70.3 Å². The summed E-state index contributed by atoms with van der Waals surface area (Å²) in [6.07, 6.45) is 10.6. The molecule has 5 nitrogen and oxygen atoms in total. The smallest absolute Gasteiger partial charge is 0.326 e. The number of amides is 3. The summed E-state index contributed by atoms with van der Waals surface area (Å²) in [5, 5.41) is 6.22. The first-order chi connectivity index (χ1) is 15.2. The molecule has 2 aromatic rings. The first kappa shape index (κ1) is 21.4. The molecule has 2 aliphatic rings. The van der Waals surface area contributed by atoms with Crippen LogP contribution in [0.4, 0.5) is 16.2 Å². The SMILES string of the molecule is O=C(Cc1ccc(NC(=O)N2CCCCc3ccccc32)cc1)NC1CCCCCC1. The first-order valence-electron chi connectivity index (χ1n) is 11.7. The predicted molar refractivity (Wildman–Crippen MR) is 126 cm³/mol. The molecule has 0 radical (unpaired) electrons. The molecule has 0 aromatic heterocycles. The maximum absolute atomic E-state index is 12.9. The van der Waals surface area contributed by atoms with Gasteiger partial charge in [0.15, 0.2) is 0 Å². The fraction of sp³-hybridized carbons (Fsp3) is 0.462. The summed E-state index contributed by atoms with van der Waals surface area (Å²) >= 11 is 0. The van der Waals surface area contributed by atoms with Crippen LogP contribution in [0.2, 0.25) is 0 Å². The van der Waals surface area contributed by atoms with E-state index in [0.29, 0.717) is 12.5 Å². The lowest BCUT2D eigenvalue weighted by atomic mass is 10.1. The quantitative estimate of drug-likeness (QED) is 0.648. The van der Waals surface area contributed by atoms with Crippen LogP contribution in [-0.4, -0.2) is 24.5 Å². The van der Waals surface area contributed by atoms with Gasteiger partial charge in [0, 0.05) is 24.0 Å². The molecule has 0 saturated heterocycles. The largest absolute Gasteiger partial charge is 0.353 e. The molecule has 2 N–H and O–H groups in total. The van der Waals surface area contributed by atoms with E-state index in [2.05, 4.69) is 16.7 Å². The van der Waals surface area contributed by atoms with Gasteiger partial charge in [0.25, 0.3) is 0 Å². The number of aryl methyl sites for hydroxylation is 1. The Bertz CT molecular complexity index is 886. The number of carbonyl (C=O) groups excluding carboxylic acids is 2. The van der Waals surface area contributed by atoms with Gasteiger partial charge in [-0.3, -0.25) is 9.69 Å². The van der Waals surface area contributed by atoms with Crippen LogP contribution in [0.15, 0.2) is 48.5 Å².